The zero-order valence-corrected chi connectivity index (χ0v) is 11.7. The van der Waals surface area contributed by atoms with Gasteiger partial charge in [-0.3, -0.25) is 4.79 Å². The van der Waals surface area contributed by atoms with Crippen LogP contribution in [0.25, 0.3) is 0 Å². The normalized spacial score (nSPS) is 9.95. The zero-order valence-electron chi connectivity index (χ0n) is 11.7. The summed E-state index contributed by atoms with van der Waals surface area (Å²) in [6.45, 7) is 2.69. The smallest absolute Gasteiger partial charge is 0.182 e. The Morgan fingerprint density at radius 2 is 1.95 bits per heavy atom. The fraction of sp³-hybridized carbons (Fsp3) is 0.176. The zero-order chi connectivity index (χ0) is 15.2. The number of ketones is 1. The average Bonchev–Trinajstić information content (AvgIpc) is 2.52. The summed E-state index contributed by atoms with van der Waals surface area (Å²) in [5.74, 6) is -0.387. The summed E-state index contributed by atoms with van der Waals surface area (Å²) in [5, 5.41) is 8.75. The first-order valence-electron chi connectivity index (χ1n) is 6.68. The van der Waals surface area contributed by atoms with E-state index in [0.29, 0.717) is 23.4 Å². The maximum Gasteiger partial charge on any atom is 0.182 e. The number of nitriles is 1. The van der Waals surface area contributed by atoms with Gasteiger partial charge >= 0.3 is 0 Å². The lowest BCUT2D eigenvalue weighted by atomic mass is 10.1. The SMILES string of the molecule is CCN(CC(=O)c1ccc(C#N)cc1)c1cccc(F)c1. The van der Waals surface area contributed by atoms with E-state index in [1.165, 1.54) is 12.1 Å². The Bertz CT molecular complexity index is 674. The molecule has 4 heteroatoms. The second-order valence-electron chi connectivity index (χ2n) is 4.61. The number of hydrogen-bond acceptors (Lipinski definition) is 3. The molecule has 0 atom stereocenters. The predicted molar refractivity (Wildman–Crippen MR) is 79.8 cm³/mol. The fourth-order valence-corrected chi connectivity index (χ4v) is 2.05. The number of benzene rings is 2. The quantitative estimate of drug-likeness (QED) is 0.789. The molecule has 0 amide bonds. The van der Waals surface area contributed by atoms with Crippen LogP contribution in [0.2, 0.25) is 0 Å². The van der Waals surface area contributed by atoms with Crippen molar-refractivity contribution in [2.75, 3.05) is 18.0 Å². The van der Waals surface area contributed by atoms with Crippen molar-refractivity contribution in [3.05, 3.63) is 65.5 Å². The van der Waals surface area contributed by atoms with Crippen LogP contribution < -0.4 is 4.90 Å². The van der Waals surface area contributed by atoms with Crippen LogP contribution in [0.15, 0.2) is 48.5 Å². The third kappa shape index (κ3) is 3.67. The number of nitrogens with zero attached hydrogens (tertiary/aromatic N) is 2. The first-order chi connectivity index (χ1) is 10.1. The molecule has 2 rings (SSSR count). The molecule has 2 aromatic rings. The average molecular weight is 282 g/mol. The van der Waals surface area contributed by atoms with Crippen molar-refractivity contribution in [3.63, 3.8) is 0 Å². The minimum atomic E-state index is -0.322. The molecule has 0 radical (unpaired) electrons. The van der Waals surface area contributed by atoms with Crippen molar-refractivity contribution in [2.24, 2.45) is 0 Å². The van der Waals surface area contributed by atoms with Gasteiger partial charge in [-0.1, -0.05) is 18.2 Å². The number of hydrogen-bond donors (Lipinski definition) is 0. The van der Waals surface area contributed by atoms with E-state index in [1.54, 1.807) is 36.4 Å². The molecule has 0 N–H and O–H groups in total. The lowest BCUT2D eigenvalue weighted by Gasteiger charge is -2.22. The number of anilines is 1. The number of rotatable bonds is 5. The summed E-state index contributed by atoms with van der Waals surface area (Å²) in [7, 11) is 0. The molecule has 0 aliphatic heterocycles. The van der Waals surface area contributed by atoms with E-state index < -0.39 is 0 Å². The molecule has 0 heterocycles. The van der Waals surface area contributed by atoms with Crippen molar-refractivity contribution < 1.29 is 9.18 Å². The summed E-state index contributed by atoms with van der Waals surface area (Å²) in [6.07, 6.45) is 0. The lowest BCUT2D eigenvalue weighted by Crippen LogP contribution is -2.29. The van der Waals surface area contributed by atoms with E-state index in [-0.39, 0.29) is 18.1 Å². The van der Waals surface area contributed by atoms with Gasteiger partial charge in [0.1, 0.15) is 5.82 Å². The van der Waals surface area contributed by atoms with E-state index in [0.717, 1.165) is 0 Å². The maximum atomic E-state index is 13.3. The lowest BCUT2D eigenvalue weighted by molar-refractivity contribution is 0.0999. The second kappa shape index (κ2) is 6.67. The van der Waals surface area contributed by atoms with Gasteiger partial charge in [0.25, 0.3) is 0 Å². The minimum Gasteiger partial charge on any atom is -0.364 e. The fourth-order valence-electron chi connectivity index (χ4n) is 2.05. The maximum absolute atomic E-state index is 13.3. The van der Waals surface area contributed by atoms with Gasteiger partial charge in [0.15, 0.2) is 5.78 Å². The molecule has 21 heavy (non-hydrogen) atoms. The number of carbonyl (C=O) groups is 1. The van der Waals surface area contributed by atoms with Crippen LogP contribution in [0.5, 0.6) is 0 Å². The monoisotopic (exact) mass is 282 g/mol. The van der Waals surface area contributed by atoms with Crippen molar-refractivity contribution in [2.45, 2.75) is 6.92 Å². The molecule has 0 saturated heterocycles. The van der Waals surface area contributed by atoms with Crippen molar-refractivity contribution in [1.29, 1.82) is 5.26 Å². The molecule has 0 spiro atoms. The predicted octanol–water partition coefficient (Wildman–Crippen LogP) is 3.41. The summed E-state index contributed by atoms with van der Waals surface area (Å²) in [5.41, 5.74) is 1.74. The Labute approximate surface area is 123 Å². The van der Waals surface area contributed by atoms with Gasteiger partial charge in [0, 0.05) is 17.8 Å². The molecule has 0 saturated carbocycles. The summed E-state index contributed by atoms with van der Waals surface area (Å²) < 4.78 is 13.3. The minimum absolute atomic E-state index is 0.0643. The van der Waals surface area contributed by atoms with Crippen LogP contribution in [0.3, 0.4) is 0 Å². The highest BCUT2D eigenvalue weighted by Gasteiger charge is 2.12. The Kier molecular flexibility index (Phi) is 4.68. The third-order valence-corrected chi connectivity index (χ3v) is 3.23. The van der Waals surface area contributed by atoms with Crippen LogP contribution >= 0.6 is 0 Å². The van der Waals surface area contributed by atoms with Crippen LogP contribution in [0.1, 0.15) is 22.8 Å². The number of Topliss-reactive ketones (excluding diaryl/α,β-unsaturated/α-hetero) is 1. The highest BCUT2D eigenvalue weighted by molar-refractivity contribution is 5.99. The molecule has 0 bridgehead atoms. The van der Waals surface area contributed by atoms with Gasteiger partial charge in [0.05, 0.1) is 18.2 Å². The molecule has 0 unspecified atom stereocenters. The third-order valence-electron chi connectivity index (χ3n) is 3.23. The molecule has 0 aliphatic rings. The highest BCUT2D eigenvalue weighted by atomic mass is 19.1. The number of halogens is 1. The molecule has 0 aromatic heterocycles. The second-order valence-corrected chi connectivity index (χ2v) is 4.61. The molecule has 3 nitrogen and oxygen atoms in total. The van der Waals surface area contributed by atoms with Gasteiger partial charge in [-0.15, -0.1) is 0 Å². The molecule has 2 aromatic carbocycles. The van der Waals surface area contributed by atoms with E-state index in [2.05, 4.69) is 0 Å². The van der Waals surface area contributed by atoms with Crippen LogP contribution in [-0.4, -0.2) is 18.9 Å². The van der Waals surface area contributed by atoms with E-state index in [4.69, 9.17) is 5.26 Å². The van der Waals surface area contributed by atoms with E-state index in [1.807, 2.05) is 17.9 Å². The van der Waals surface area contributed by atoms with E-state index >= 15 is 0 Å². The summed E-state index contributed by atoms with van der Waals surface area (Å²) >= 11 is 0. The van der Waals surface area contributed by atoms with Crippen molar-refractivity contribution in [1.82, 2.24) is 0 Å². The molecule has 0 aliphatic carbocycles. The van der Waals surface area contributed by atoms with Crippen LogP contribution in [0, 0.1) is 17.1 Å². The van der Waals surface area contributed by atoms with Gasteiger partial charge in [-0.25, -0.2) is 4.39 Å². The van der Waals surface area contributed by atoms with Gasteiger partial charge in [0.2, 0.25) is 0 Å². The first kappa shape index (κ1) is 14.7. The van der Waals surface area contributed by atoms with Gasteiger partial charge in [-0.05, 0) is 37.3 Å². The molecular formula is C17H15FN2O. The number of carbonyl (C=O) groups excluding carboxylic acids is 1. The Morgan fingerprint density at radius 1 is 1.24 bits per heavy atom. The molecule has 106 valence electrons. The van der Waals surface area contributed by atoms with Gasteiger partial charge < -0.3 is 4.90 Å². The van der Waals surface area contributed by atoms with Crippen LogP contribution in [0.4, 0.5) is 10.1 Å². The molecule has 0 fully saturated rings. The van der Waals surface area contributed by atoms with E-state index in [9.17, 15) is 9.18 Å². The largest absolute Gasteiger partial charge is 0.364 e. The summed E-state index contributed by atoms with van der Waals surface area (Å²) in [6, 6.07) is 14.7. The topological polar surface area (TPSA) is 44.1 Å². The Morgan fingerprint density at radius 3 is 2.52 bits per heavy atom. The Balaban J connectivity index is 2.14. The van der Waals surface area contributed by atoms with Gasteiger partial charge in [-0.2, -0.15) is 5.26 Å². The number of likely N-dealkylation sites (N-methyl/N-ethyl adjacent to an activating group) is 1. The van der Waals surface area contributed by atoms with Crippen molar-refractivity contribution >= 4 is 11.5 Å². The molecular weight excluding hydrogens is 267 g/mol. The van der Waals surface area contributed by atoms with Crippen molar-refractivity contribution in [3.8, 4) is 6.07 Å². The standard InChI is InChI=1S/C17H15FN2O/c1-2-20(16-5-3-4-15(18)10-16)12-17(21)14-8-6-13(11-19)7-9-14/h3-10H,2,12H2,1H3. The van der Waals surface area contributed by atoms with Crippen LogP contribution in [-0.2, 0) is 0 Å². The first-order valence-corrected chi connectivity index (χ1v) is 6.68. The highest BCUT2D eigenvalue weighted by Crippen LogP contribution is 2.16. The summed E-state index contributed by atoms with van der Waals surface area (Å²) in [4.78, 5) is 14.1. The Hall–Kier alpha value is -2.67.